The van der Waals surface area contributed by atoms with E-state index in [9.17, 15) is 0 Å². The molecule has 0 spiro atoms. The molecular formula is C18H14BrN3S. The number of benzene rings is 1. The Labute approximate surface area is 146 Å². The van der Waals surface area contributed by atoms with Crippen LogP contribution in [0.15, 0.2) is 64.6 Å². The molecule has 0 fully saturated rings. The van der Waals surface area contributed by atoms with Crippen LogP contribution in [0.3, 0.4) is 0 Å². The van der Waals surface area contributed by atoms with Crippen molar-refractivity contribution in [1.82, 2.24) is 9.38 Å². The average molecular weight is 384 g/mol. The monoisotopic (exact) mass is 383 g/mol. The minimum absolute atomic E-state index is 0.922. The number of pyridine rings is 1. The lowest BCUT2D eigenvalue weighted by atomic mass is 10.2. The first-order chi connectivity index (χ1) is 11.2. The van der Waals surface area contributed by atoms with Gasteiger partial charge < -0.3 is 5.32 Å². The predicted molar refractivity (Wildman–Crippen MR) is 101 cm³/mol. The Morgan fingerprint density at radius 1 is 1.09 bits per heavy atom. The maximum atomic E-state index is 4.80. The van der Waals surface area contributed by atoms with Gasteiger partial charge in [-0.25, -0.2) is 4.98 Å². The molecule has 3 aromatic heterocycles. The van der Waals surface area contributed by atoms with Crippen molar-refractivity contribution >= 4 is 44.4 Å². The van der Waals surface area contributed by atoms with Crippen LogP contribution >= 0.6 is 27.3 Å². The number of fused-ring (bicyclic) bond motifs is 1. The molecule has 0 radical (unpaired) electrons. The Kier molecular flexibility index (Phi) is 3.67. The minimum atomic E-state index is 0.922. The first kappa shape index (κ1) is 14.5. The smallest absolute Gasteiger partial charge is 0.144 e. The van der Waals surface area contributed by atoms with Crippen molar-refractivity contribution in [3.8, 4) is 10.6 Å². The maximum Gasteiger partial charge on any atom is 0.144 e. The SMILES string of the molecule is Cc1ccc(Nc2c(-c3cccs3)nc3ccc(Br)cn23)cc1. The molecule has 1 N–H and O–H groups in total. The van der Waals surface area contributed by atoms with E-state index in [-0.39, 0.29) is 0 Å². The van der Waals surface area contributed by atoms with Crippen LogP contribution in [0.2, 0.25) is 0 Å². The van der Waals surface area contributed by atoms with Crippen LogP contribution in [0.5, 0.6) is 0 Å². The van der Waals surface area contributed by atoms with Crippen LogP contribution in [0.1, 0.15) is 5.56 Å². The molecule has 0 unspecified atom stereocenters. The number of imidazole rings is 1. The molecule has 0 saturated carbocycles. The number of hydrogen-bond acceptors (Lipinski definition) is 3. The topological polar surface area (TPSA) is 29.3 Å². The fourth-order valence-corrected chi connectivity index (χ4v) is 3.55. The van der Waals surface area contributed by atoms with E-state index >= 15 is 0 Å². The predicted octanol–water partition coefficient (Wildman–Crippen LogP) is 5.88. The number of nitrogens with zero attached hydrogens (tertiary/aromatic N) is 2. The molecule has 5 heteroatoms. The van der Waals surface area contributed by atoms with Gasteiger partial charge in [-0.3, -0.25) is 4.40 Å². The standard InChI is InChI=1S/C18H14BrN3S/c1-12-4-7-14(8-5-12)20-18-17(15-3-2-10-23-15)21-16-9-6-13(19)11-22(16)18/h2-11,20H,1H3. The van der Waals surface area contributed by atoms with Crippen LogP contribution in [-0.2, 0) is 0 Å². The molecule has 0 atom stereocenters. The summed E-state index contributed by atoms with van der Waals surface area (Å²) >= 11 is 5.24. The van der Waals surface area contributed by atoms with E-state index in [0.29, 0.717) is 0 Å². The Morgan fingerprint density at radius 2 is 1.91 bits per heavy atom. The molecule has 0 aliphatic heterocycles. The lowest BCUT2D eigenvalue weighted by molar-refractivity contribution is 1.17. The maximum absolute atomic E-state index is 4.80. The Balaban J connectivity index is 1.89. The van der Waals surface area contributed by atoms with Crippen LogP contribution < -0.4 is 5.32 Å². The fraction of sp³-hybridized carbons (Fsp3) is 0.0556. The minimum Gasteiger partial charge on any atom is -0.339 e. The normalized spacial score (nSPS) is 11.0. The zero-order chi connectivity index (χ0) is 15.8. The quantitative estimate of drug-likeness (QED) is 0.478. The van der Waals surface area contributed by atoms with Crippen LogP contribution in [0.4, 0.5) is 11.5 Å². The number of hydrogen-bond donors (Lipinski definition) is 1. The van der Waals surface area contributed by atoms with E-state index in [1.807, 2.05) is 18.3 Å². The molecule has 3 nitrogen and oxygen atoms in total. The van der Waals surface area contributed by atoms with Gasteiger partial charge >= 0.3 is 0 Å². The largest absolute Gasteiger partial charge is 0.339 e. The summed E-state index contributed by atoms with van der Waals surface area (Å²) in [5, 5.41) is 5.60. The third-order valence-electron chi connectivity index (χ3n) is 3.65. The van der Waals surface area contributed by atoms with Gasteiger partial charge in [0.05, 0.1) is 4.88 Å². The molecule has 23 heavy (non-hydrogen) atoms. The molecule has 0 saturated heterocycles. The van der Waals surface area contributed by atoms with E-state index in [1.165, 1.54) is 5.56 Å². The fourth-order valence-electron chi connectivity index (χ4n) is 2.50. The third-order valence-corrected chi connectivity index (χ3v) is 5.00. The van der Waals surface area contributed by atoms with Crippen molar-refractivity contribution in [2.75, 3.05) is 5.32 Å². The molecule has 0 aliphatic rings. The highest BCUT2D eigenvalue weighted by atomic mass is 79.9. The number of thiophene rings is 1. The number of halogens is 1. The number of rotatable bonds is 3. The van der Waals surface area contributed by atoms with Crippen molar-refractivity contribution in [3.05, 3.63) is 70.1 Å². The van der Waals surface area contributed by atoms with Gasteiger partial charge in [-0.05, 0) is 58.6 Å². The summed E-state index contributed by atoms with van der Waals surface area (Å²) in [4.78, 5) is 5.95. The summed E-state index contributed by atoms with van der Waals surface area (Å²) < 4.78 is 3.10. The molecular weight excluding hydrogens is 370 g/mol. The van der Waals surface area contributed by atoms with Crippen molar-refractivity contribution in [2.24, 2.45) is 0 Å². The van der Waals surface area contributed by atoms with E-state index in [0.717, 1.165) is 32.2 Å². The van der Waals surface area contributed by atoms with Crippen molar-refractivity contribution in [2.45, 2.75) is 6.92 Å². The van der Waals surface area contributed by atoms with Gasteiger partial charge in [-0.15, -0.1) is 11.3 Å². The van der Waals surface area contributed by atoms with Gasteiger partial charge in [-0.2, -0.15) is 0 Å². The number of aryl methyl sites for hydroxylation is 1. The Morgan fingerprint density at radius 3 is 2.65 bits per heavy atom. The average Bonchev–Trinajstić information content (AvgIpc) is 3.18. The second-order valence-electron chi connectivity index (χ2n) is 5.35. The zero-order valence-corrected chi connectivity index (χ0v) is 14.9. The first-order valence-electron chi connectivity index (χ1n) is 7.26. The summed E-state index contributed by atoms with van der Waals surface area (Å²) in [6.07, 6.45) is 2.04. The van der Waals surface area contributed by atoms with E-state index in [1.54, 1.807) is 11.3 Å². The molecule has 114 valence electrons. The highest BCUT2D eigenvalue weighted by Crippen LogP contribution is 2.34. The van der Waals surface area contributed by atoms with Crippen molar-refractivity contribution in [3.63, 3.8) is 0 Å². The Hall–Kier alpha value is -2.11. The van der Waals surface area contributed by atoms with Gasteiger partial charge in [0.2, 0.25) is 0 Å². The van der Waals surface area contributed by atoms with Gasteiger partial charge in [0.1, 0.15) is 17.2 Å². The lowest BCUT2D eigenvalue weighted by Crippen LogP contribution is -1.96. The molecule has 1 aromatic carbocycles. The second-order valence-corrected chi connectivity index (χ2v) is 7.22. The summed E-state index contributed by atoms with van der Waals surface area (Å²) in [5.41, 5.74) is 4.19. The summed E-state index contributed by atoms with van der Waals surface area (Å²) in [7, 11) is 0. The van der Waals surface area contributed by atoms with E-state index in [4.69, 9.17) is 4.98 Å². The number of aromatic nitrogens is 2. The summed E-state index contributed by atoms with van der Waals surface area (Å²) in [6, 6.07) is 16.6. The molecule has 3 heterocycles. The summed E-state index contributed by atoms with van der Waals surface area (Å²) in [5.74, 6) is 0.979. The van der Waals surface area contributed by atoms with Gasteiger partial charge in [0.15, 0.2) is 0 Å². The van der Waals surface area contributed by atoms with Gasteiger partial charge in [0, 0.05) is 16.4 Å². The lowest BCUT2D eigenvalue weighted by Gasteiger charge is -2.09. The van der Waals surface area contributed by atoms with E-state index < -0.39 is 0 Å². The highest BCUT2D eigenvalue weighted by molar-refractivity contribution is 9.10. The van der Waals surface area contributed by atoms with Crippen LogP contribution in [-0.4, -0.2) is 9.38 Å². The third kappa shape index (κ3) is 2.78. The molecule has 0 aliphatic carbocycles. The highest BCUT2D eigenvalue weighted by Gasteiger charge is 2.15. The zero-order valence-electron chi connectivity index (χ0n) is 12.5. The molecule has 0 amide bonds. The Bertz CT molecular complexity index is 956. The molecule has 4 rings (SSSR count). The second kappa shape index (κ2) is 5.83. The van der Waals surface area contributed by atoms with Crippen molar-refractivity contribution in [1.29, 1.82) is 0 Å². The van der Waals surface area contributed by atoms with Crippen LogP contribution in [0, 0.1) is 6.92 Å². The number of anilines is 2. The van der Waals surface area contributed by atoms with E-state index in [2.05, 4.69) is 74.3 Å². The van der Waals surface area contributed by atoms with Crippen molar-refractivity contribution < 1.29 is 0 Å². The first-order valence-corrected chi connectivity index (χ1v) is 8.93. The molecule has 0 bridgehead atoms. The molecule has 4 aromatic rings. The van der Waals surface area contributed by atoms with Gasteiger partial charge in [-0.1, -0.05) is 23.8 Å². The van der Waals surface area contributed by atoms with Crippen LogP contribution in [0.25, 0.3) is 16.2 Å². The summed E-state index contributed by atoms with van der Waals surface area (Å²) in [6.45, 7) is 2.09. The number of nitrogens with one attached hydrogen (secondary N) is 1. The van der Waals surface area contributed by atoms with Gasteiger partial charge in [0.25, 0.3) is 0 Å².